The van der Waals surface area contributed by atoms with E-state index in [0.29, 0.717) is 26.2 Å². The van der Waals surface area contributed by atoms with Crippen LogP contribution in [0.25, 0.3) is 0 Å². The summed E-state index contributed by atoms with van der Waals surface area (Å²) in [6.45, 7) is 8.71. The minimum absolute atomic E-state index is 0.101. The maximum Gasteiger partial charge on any atom is 0.321 e. The molecular weight excluding hydrogens is 394 g/mol. The van der Waals surface area contributed by atoms with Crippen molar-refractivity contribution < 1.29 is 9.53 Å². The van der Waals surface area contributed by atoms with Gasteiger partial charge in [-0.05, 0) is 26.1 Å². The average Bonchev–Trinajstić information content (AvgIpc) is 2.79. The van der Waals surface area contributed by atoms with E-state index in [4.69, 9.17) is 9.72 Å². The Hall–Kier alpha value is -3.07. The number of carbonyl (C=O) groups excluding carboxylic acids is 1. The highest BCUT2D eigenvalue weighted by Gasteiger charge is 2.24. The van der Waals surface area contributed by atoms with Gasteiger partial charge in [0.05, 0.1) is 7.11 Å². The first-order valence-electron chi connectivity index (χ1n) is 10.8. The predicted molar refractivity (Wildman–Crippen MR) is 122 cm³/mol. The molecule has 1 aromatic carbocycles. The highest BCUT2D eigenvalue weighted by molar-refractivity contribution is 5.89. The number of methoxy groups -OCH3 is 1. The monoisotopic (exact) mass is 425 g/mol. The lowest BCUT2D eigenvalue weighted by molar-refractivity contribution is 0.208. The summed E-state index contributed by atoms with van der Waals surface area (Å²) in [6.07, 6.45) is 0. The fourth-order valence-corrected chi connectivity index (χ4v) is 3.89. The number of amides is 2. The van der Waals surface area contributed by atoms with Crippen LogP contribution < -0.4 is 19.9 Å². The summed E-state index contributed by atoms with van der Waals surface area (Å²) in [6, 6.07) is 9.35. The number of nitrogens with zero attached hydrogens (tertiary/aromatic N) is 6. The number of nitrogens with one attached hydrogen (secondary N) is 1. The molecule has 2 aromatic rings. The zero-order valence-electron chi connectivity index (χ0n) is 18.5. The molecular formula is C22H31N7O2. The number of rotatable bonds is 4. The zero-order valence-corrected chi connectivity index (χ0v) is 18.5. The van der Waals surface area contributed by atoms with Crippen molar-refractivity contribution in [2.45, 2.75) is 6.92 Å². The third-order valence-corrected chi connectivity index (χ3v) is 5.83. The first-order valence-corrected chi connectivity index (χ1v) is 10.8. The minimum atomic E-state index is -0.101. The molecule has 31 heavy (non-hydrogen) atoms. The van der Waals surface area contributed by atoms with Crippen LogP contribution in [0.5, 0.6) is 5.75 Å². The maximum absolute atomic E-state index is 12.7. The topological polar surface area (TPSA) is 77.1 Å². The van der Waals surface area contributed by atoms with E-state index in [2.05, 4.69) is 38.1 Å². The van der Waals surface area contributed by atoms with E-state index in [1.807, 2.05) is 36.1 Å². The highest BCUT2D eigenvalue weighted by atomic mass is 16.5. The number of hydrogen-bond donors (Lipinski definition) is 1. The first-order chi connectivity index (χ1) is 15.0. The van der Waals surface area contributed by atoms with E-state index >= 15 is 0 Å². The van der Waals surface area contributed by atoms with E-state index in [-0.39, 0.29) is 6.03 Å². The van der Waals surface area contributed by atoms with Gasteiger partial charge in [0, 0.05) is 75.9 Å². The van der Waals surface area contributed by atoms with Crippen LogP contribution >= 0.6 is 0 Å². The Labute approximate surface area is 183 Å². The normalized spacial score (nSPS) is 17.6. The molecule has 0 saturated carbocycles. The molecule has 0 radical (unpaired) electrons. The van der Waals surface area contributed by atoms with Crippen molar-refractivity contribution in [1.29, 1.82) is 0 Å². The number of benzene rings is 1. The molecule has 2 aliphatic heterocycles. The number of urea groups is 1. The summed E-state index contributed by atoms with van der Waals surface area (Å²) in [7, 11) is 3.76. The Morgan fingerprint density at radius 3 is 2.39 bits per heavy atom. The van der Waals surface area contributed by atoms with E-state index < -0.39 is 0 Å². The van der Waals surface area contributed by atoms with Crippen LogP contribution in [0.4, 0.5) is 22.2 Å². The van der Waals surface area contributed by atoms with Crippen molar-refractivity contribution in [2.75, 3.05) is 81.6 Å². The van der Waals surface area contributed by atoms with E-state index in [1.165, 1.54) is 0 Å². The van der Waals surface area contributed by atoms with Gasteiger partial charge < -0.3 is 29.7 Å². The van der Waals surface area contributed by atoms with Crippen LogP contribution in [0.2, 0.25) is 0 Å². The van der Waals surface area contributed by atoms with Crippen LogP contribution in [-0.4, -0.2) is 92.3 Å². The molecule has 3 heterocycles. The fourth-order valence-electron chi connectivity index (χ4n) is 3.89. The standard InChI is InChI=1S/C22H31N7O2/c1-17-15-20(27-9-7-26(2)8-10-27)25-21(23-17)28-11-13-29(14-12-28)22(30)24-18-5-4-6-19(16-18)31-3/h4-6,15-16H,7-14H2,1-3H3,(H,24,30). The molecule has 9 nitrogen and oxygen atoms in total. The van der Waals surface area contributed by atoms with Crippen molar-refractivity contribution in [3.63, 3.8) is 0 Å². The van der Waals surface area contributed by atoms with Gasteiger partial charge in [-0.15, -0.1) is 0 Å². The molecule has 4 rings (SSSR count). The summed E-state index contributed by atoms with van der Waals surface area (Å²) in [5.74, 6) is 2.46. The lowest BCUT2D eigenvalue weighted by Gasteiger charge is -2.36. The van der Waals surface area contributed by atoms with Gasteiger partial charge in [-0.1, -0.05) is 6.07 Å². The molecule has 2 fully saturated rings. The Kier molecular flexibility index (Phi) is 6.41. The Morgan fingerprint density at radius 2 is 1.68 bits per heavy atom. The van der Waals surface area contributed by atoms with Crippen molar-refractivity contribution in [3.05, 3.63) is 36.0 Å². The number of piperazine rings is 2. The molecule has 1 aromatic heterocycles. The van der Waals surface area contributed by atoms with E-state index in [1.54, 1.807) is 7.11 Å². The molecule has 0 bridgehead atoms. The van der Waals surface area contributed by atoms with Gasteiger partial charge in [0.1, 0.15) is 11.6 Å². The van der Waals surface area contributed by atoms with Crippen molar-refractivity contribution in [3.8, 4) is 5.75 Å². The molecule has 2 amide bonds. The lowest BCUT2D eigenvalue weighted by Crippen LogP contribution is -2.50. The number of aryl methyl sites for hydroxylation is 1. The van der Waals surface area contributed by atoms with E-state index in [0.717, 1.165) is 55.1 Å². The highest BCUT2D eigenvalue weighted by Crippen LogP contribution is 2.21. The van der Waals surface area contributed by atoms with Crippen LogP contribution in [0.3, 0.4) is 0 Å². The molecule has 166 valence electrons. The molecule has 0 aliphatic carbocycles. The second-order valence-corrected chi connectivity index (χ2v) is 8.09. The SMILES string of the molecule is COc1cccc(NC(=O)N2CCN(c3nc(C)cc(N4CCN(C)CC4)n3)CC2)c1. The second kappa shape index (κ2) is 9.38. The quantitative estimate of drug-likeness (QED) is 0.802. The summed E-state index contributed by atoms with van der Waals surface area (Å²) >= 11 is 0. The summed E-state index contributed by atoms with van der Waals surface area (Å²) in [5, 5.41) is 2.95. The number of hydrogen-bond acceptors (Lipinski definition) is 7. The van der Waals surface area contributed by atoms with Gasteiger partial charge in [0.25, 0.3) is 0 Å². The van der Waals surface area contributed by atoms with Crippen molar-refractivity contribution in [2.24, 2.45) is 0 Å². The minimum Gasteiger partial charge on any atom is -0.497 e. The molecule has 0 atom stereocenters. The Morgan fingerprint density at radius 1 is 0.968 bits per heavy atom. The van der Waals surface area contributed by atoms with Crippen molar-refractivity contribution in [1.82, 2.24) is 19.8 Å². The Bertz CT molecular complexity index is 906. The van der Waals surface area contributed by atoms with Gasteiger partial charge in [-0.25, -0.2) is 9.78 Å². The zero-order chi connectivity index (χ0) is 21.8. The molecule has 9 heteroatoms. The fraction of sp³-hybridized carbons (Fsp3) is 0.500. The van der Waals surface area contributed by atoms with Crippen molar-refractivity contribution >= 4 is 23.5 Å². The van der Waals surface area contributed by atoms with Gasteiger partial charge in [-0.2, -0.15) is 4.98 Å². The maximum atomic E-state index is 12.7. The number of ether oxygens (including phenoxy) is 1. The molecule has 1 N–H and O–H groups in total. The van der Waals surface area contributed by atoms with Gasteiger partial charge in [-0.3, -0.25) is 0 Å². The lowest BCUT2D eigenvalue weighted by atomic mass is 10.3. The second-order valence-electron chi connectivity index (χ2n) is 8.09. The number of anilines is 3. The van der Waals surface area contributed by atoms with Crippen LogP contribution in [0.15, 0.2) is 30.3 Å². The molecule has 0 unspecified atom stereocenters. The third kappa shape index (κ3) is 5.16. The largest absolute Gasteiger partial charge is 0.497 e. The predicted octanol–water partition coefficient (Wildman–Crippen LogP) is 1.90. The summed E-state index contributed by atoms with van der Waals surface area (Å²) in [4.78, 5) is 30.8. The van der Waals surface area contributed by atoms with Gasteiger partial charge in [0.15, 0.2) is 0 Å². The third-order valence-electron chi connectivity index (χ3n) is 5.83. The first kappa shape index (κ1) is 21.2. The number of aromatic nitrogens is 2. The van der Waals surface area contributed by atoms with Crippen LogP contribution in [0, 0.1) is 6.92 Å². The van der Waals surface area contributed by atoms with E-state index in [9.17, 15) is 4.79 Å². The molecule has 2 aliphatic rings. The average molecular weight is 426 g/mol. The smallest absolute Gasteiger partial charge is 0.321 e. The van der Waals surface area contributed by atoms with Crippen LogP contribution in [-0.2, 0) is 0 Å². The Balaban J connectivity index is 1.36. The van der Waals surface area contributed by atoms with Gasteiger partial charge in [0.2, 0.25) is 5.95 Å². The van der Waals surface area contributed by atoms with Crippen LogP contribution in [0.1, 0.15) is 5.69 Å². The molecule has 2 saturated heterocycles. The van der Waals surface area contributed by atoms with Gasteiger partial charge >= 0.3 is 6.03 Å². The number of carbonyl (C=O) groups is 1. The summed E-state index contributed by atoms with van der Waals surface area (Å²) in [5.41, 5.74) is 1.70. The summed E-state index contributed by atoms with van der Waals surface area (Å²) < 4.78 is 5.22. The molecule has 0 spiro atoms. The number of likely N-dealkylation sites (N-methyl/N-ethyl adjacent to an activating group) is 1.